The number of nitrogens with zero attached hydrogens (tertiary/aromatic N) is 2. The van der Waals surface area contributed by atoms with Crippen LogP contribution in [0.3, 0.4) is 0 Å². The SMILES string of the molecule is COc1cccc(C(=O)Oc2ccc(C(=O)CN(C(=O)c3ccccc3Cl)N3C(=O)c4ccccc4C3=O)cc2)c1. The number of Topliss-reactive ketones (excluding diaryl/α,β-unsaturated/α-hetero) is 1. The molecule has 0 saturated carbocycles. The number of benzene rings is 4. The van der Waals surface area contributed by atoms with Gasteiger partial charge >= 0.3 is 5.97 Å². The van der Waals surface area contributed by atoms with Crippen LogP contribution >= 0.6 is 11.6 Å². The molecule has 41 heavy (non-hydrogen) atoms. The molecule has 0 saturated heterocycles. The number of esters is 1. The van der Waals surface area contributed by atoms with Crippen LogP contribution in [0.2, 0.25) is 5.02 Å². The molecule has 1 aliphatic rings. The third-order valence-corrected chi connectivity index (χ3v) is 6.67. The smallest absolute Gasteiger partial charge is 0.343 e. The normalized spacial score (nSPS) is 12.1. The largest absolute Gasteiger partial charge is 0.497 e. The van der Waals surface area contributed by atoms with Gasteiger partial charge in [-0.2, -0.15) is 5.01 Å². The number of carbonyl (C=O) groups excluding carboxylic acids is 5. The van der Waals surface area contributed by atoms with Crippen molar-refractivity contribution in [2.75, 3.05) is 13.7 Å². The van der Waals surface area contributed by atoms with E-state index in [-0.39, 0.29) is 38.6 Å². The second-order valence-electron chi connectivity index (χ2n) is 8.88. The lowest BCUT2D eigenvalue weighted by Gasteiger charge is -2.29. The first-order valence-electron chi connectivity index (χ1n) is 12.3. The molecule has 0 fully saturated rings. The molecule has 0 N–H and O–H groups in total. The Morgan fingerprint density at radius 1 is 0.756 bits per heavy atom. The maximum atomic E-state index is 13.6. The van der Waals surface area contributed by atoms with E-state index in [1.807, 2.05) is 0 Å². The Labute approximate surface area is 239 Å². The lowest BCUT2D eigenvalue weighted by Crippen LogP contribution is -2.51. The number of methoxy groups -OCH3 is 1. The van der Waals surface area contributed by atoms with E-state index in [2.05, 4.69) is 0 Å². The molecule has 1 aliphatic heterocycles. The highest BCUT2D eigenvalue weighted by atomic mass is 35.5. The molecule has 3 amide bonds. The van der Waals surface area contributed by atoms with E-state index in [9.17, 15) is 24.0 Å². The van der Waals surface area contributed by atoms with Crippen LogP contribution in [0.25, 0.3) is 0 Å². The van der Waals surface area contributed by atoms with Gasteiger partial charge in [-0.1, -0.05) is 41.9 Å². The Morgan fingerprint density at radius 2 is 1.39 bits per heavy atom. The third kappa shape index (κ3) is 5.43. The molecule has 0 atom stereocenters. The summed E-state index contributed by atoms with van der Waals surface area (Å²) in [6.45, 7) is -0.640. The maximum absolute atomic E-state index is 13.6. The fourth-order valence-corrected chi connectivity index (χ4v) is 4.47. The van der Waals surface area contributed by atoms with Crippen molar-refractivity contribution in [3.63, 3.8) is 0 Å². The first-order chi connectivity index (χ1) is 19.8. The molecule has 0 radical (unpaired) electrons. The Morgan fingerprint density at radius 3 is 2.02 bits per heavy atom. The van der Waals surface area contributed by atoms with E-state index in [4.69, 9.17) is 21.1 Å². The minimum Gasteiger partial charge on any atom is -0.497 e. The minimum atomic E-state index is -0.803. The van der Waals surface area contributed by atoms with Gasteiger partial charge in [0.2, 0.25) is 0 Å². The number of fused-ring (bicyclic) bond motifs is 1. The third-order valence-electron chi connectivity index (χ3n) is 6.34. The molecular formula is C31H21ClN2O7. The number of hydrogen-bond acceptors (Lipinski definition) is 7. The number of rotatable bonds is 8. The van der Waals surface area contributed by atoms with Gasteiger partial charge < -0.3 is 9.47 Å². The number of carbonyl (C=O) groups is 5. The summed E-state index contributed by atoms with van der Waals surface area (Å²) >= 11 is 6.24. The van der Waals surface area contributed by atoms with Crippen LogP contribution < -0.4 is 9.47 Å². The molecule has 0 aromatic heterocycles. The van der Waals surface area contributed by atoms with Crippen LogP contribution in [0, 0.1) is 0 Å². The van der Waals surface area contributed by atoms with Crippen LogP contribution in [0.1, 0.15) is 51.8 Å². The van der Waals surface area contributed by atoms with Gasteiger partial charge in [0.25, 0.3) is 17.7 Å². The molecule has 0 bridgehead atoms. The van der Waals surface area contributed by atoms with Gasteiger partial charge in [0, 0.05) is 5.56 Å². The standard InChI is InChI=1S/C31H21ClN2O7/c1-40-22-8-6-7-20(17-22)31(39)41-21-15-13-19(14-16-21)27(35)18-33(28(36)25-11-4-5-12-26(25)32)34-29(37)23-9-2-3-10-24(23)30(34)38/h2-17H,18H2,1H3. The molecule has 4 aromatic carbocycles. The highest BCUT2D eigenvalue weighted by Crippen LogP contribution is 2.27. The fourth-order valence-electron chi connectivity index (χ4n) is 4.26. The summed E-state index contributed by atoms with van der Waals surface area (Å²) in [6, 6.07) is 24.4. The van der Waals surface area contributed by atoms with E-state index in [0.29, 0.717) is 10.8 Å². The van der Waals surface area contributed by atoms with E-state index in [0.717, 1.165) is 5.01 Å². The summed E-state index contributed by atoms with van der Waals surface area (Å²) in [5.41, 5.74) is 0.672. The summed E-state index contributed by atoms with van der Waals surface area (Å²) in [5, 5.41) is 1.55. The average molecular weight is 569 g/mol. The number of imide groups is 1. The molecule has 4 aromatic rings. The van der Waals surface area contributed by atoms with E-state index in [1.165, 1.54) is 61.7 Å². The van der Waals surface area contributed by atoms with Crippen molar-refractivity contribution in [3.8, 4) is 11.5 Å². The van der Waals surface area contributed by atoms with Crippen molar-refractivity contribution >= 4 is 41.1 Å². The van der Waals surface area contributed by atoms with Gasteiger partial charge in [-0.15, -0.1) is 0 Å². The summed E-state index contributed by atoms with van der Waals surface area (Å²) in [5.74, 6) is -2.80. The Hall–Kier alpha value is -5.28. The lowest BCUT2D eigenvalue weighted by atomic mass is 10.1. The second-order valence-corrected chi connectivity index (χ2v) is 9.29. The predicted molar refractivity (Wildman–Crippen MR) is 148 cm³/mol. The Bertz CT molecular complexity index is 1670. The summed E-state index contributed by atoms with van der Waals surface area (Å²) in [7, 11) is 1.48. The molecule has 0 unspecified atom stereocenters. The Kier molecular flexibility index (Phi) is 7.62. The van der Waals surface area contributed by atoms with Gasteiger partial charge in [-0.05, 0) is 66.7 Å². The van der Waals surface area contributed by atoms with Gasteiger partial charge in [-0.3, -0.25) is 19.2 Å². The monoisotopic (exact) mass is 568 g/mol. The second kappa shape index (κ2) is 11.4. The van der Waals surface area contributed by atoms with Crippen molar-refractivity contribution in [1.29, 1.82) is 0 Å². The molecule has 0 spiro atoms. The quantitative estimate of drug-likeness (QED) is 0.126. The van der Waals surface area contributed by atoms with Crippen LogP contribution in [-0.4, -0.2) is 53.1 Å². The molecule has 5 rings (SSSR count). The molecule has 0 aliphatic carbocycles. The topological polar surface area (TPSA) is 110 Å². The van der Waals surface area contributed by atoms with Gasteiger partial charge in [0.1, 0.15) is 18.0 Å². The highest BCUT2D eigenvalue weighted by molar-refractivity contribution is 6.34. The van der Waals surface area contributed by atoms with Crippen LogP contribution in [0.4, 0.5) is 0 Å². The summed E-state index contributed by atoms with van der Waals surface area (Å²) < 4.78 is 10.5. The van der Waals surface area contributed by atoms with Crippen molar-refractivity contribution < 1.29 is 33.4 Å². The first kappa shape index (κ1) is 27.3. The van der Waals surface area contributed by atoms with Crippen molar-refractivity contribution in [2.45, 2.75) is 0 Å². The summed E-state index contributed by atoms with van der Waals surface area (Å²) in [6.07, 6.45) is 0. The number of ether oxygens (including phenoxy) is 2. The zero-order valence-corrected chi connectivity index (χ0v) is 22.3. The molecular weight excluding hydrogens is 548 g/mol. The summed E-state index contributed by atoms with van der Waals surface area (Å²) in [4.78, 5) is 65.9. The number of hydrogen-bond donors (Lipinski definition) is 0. The lowest BCUT2D eigenvalue weighted by molar-refractivity contribution is 0.00531. The molecule has 204 valence electrons. The fraction of sp³-hybridized carbons (Fsp3) is 0.0645. The molecule has 1 heterocycles. The number of hydrazine groups is 1. The van der Waals surface area contributed by atoms with Crippen LogP contribution in [0.15, 0.2) is 97.1 Å². The Balaban J connectivity index is 1.39. The van der Waals surface area contributed by atoms with Crippen molar-refractivity contribution in [3.05, 3.63) is 130 Å². The van der Waals surface area contributed by atoms with E-state index < -0.39 is 36.0 Å². The van der Waals surface area contributed by atoms with Crippen LogP contribution in [0.5, 0.6) is 11.5 Å². The molecule has 10 heteroatoms. The number of halogens is 1. The van der Waals surface area contributed by atoms with Crippen LogP contribution in [-0.2, 0) is 0 Å². The highest BCUT2D eigenvalue weighted by Gasteiger charge is 2.42. The van der Waals surface area contributed by atoms with Crippen molar-refractivity contribution in [2.24, 2.45) is 0 Å². The van der Waals surface area contributed by atoms with Gasteiger partial charge in [-0.25, -0.2) is 9.80 Å². The predicted octanol–water partition coefficient (Wildman–Crippen LogP) is 5.10. The van der Waals surface area contributed by atoms with E-state index >= 15 is 0 Å². The maximum Gasteiger partial charge on any atom is 0.343 e. The zero-order valence-electron chi connectivity index (χ0n) is 21.6. The van der Waals surface area contributed by atoms with Gasteiger partial charge in [0.05, 0.1) is 34.4 Å². The zero-order chi connectivity index (χ0) is 29.1. The van der Waals surface area contributed by atoms with E-state index in [1.54, 1.807) is 42.5 Å². The number of ketones is 1. The van der Waals surface area contributed by atoms with Crippen molar-refractivity contribution in [1.82, 2.24) is 10.0 Å². The molecule has 9 nitrogen and oxygen atoms in total. The minimum absolute atomic E-state index is 0.0123. The average Bonchev–Trinajstić information content (AvgIpc) is 3.25. The first-order valence-corrected chi connectivity index (χ1v) is 12.7. The van der Waals surface area contributed by atoms with Gasteiger partial charge in [0.15, 0.2) is 5.78 Å². The number of amides is 3.